The fraction of sp³-hybridized carbons (Fsp3) is 0.312. The lowest BCUT2D eigenvalue weighted by atomic mass is 9.98. The summed E-state index contributed by atoms with van der Waals surface area (Å²) in [6.45, 7) is 5.97. The van der Waals surface area contributed by atoms with Gasteiger partial charge in [-0.2, -0.15) is 0 Å². The van der Waals surface area contributed by atoms with Crippen LogP contribution in [0.5, 0.6) is 5.75 Å². The summed E-state index contributed by atoms with van der Waals surface area (Å²) in [7, 11) is 1.65. The van der Waals surface area contributed by atoms with Gasteiger partial charge in [0.25, 0.3) is 0 Å². The van der Waals surface area contributed by atoms with E-state index in [1.54, 1.807) is 20.1 Å². The van der Waals surface area contributed by atoms with Gasteiger partial charge >= 0.3 is 5.97 Å². The Labute approximate surface area is 118 Å². The molecule has 0 saturated heterocycles. The molecule has 2 N–H and O–H groups in total. The van der Waals surface area contributed by atoms with E-state index in [1.165, 1.54) is 0 Å². The van der Waals surface area contributed by atoms with Crippen LogP contribution in [0.3, 0.4) is 0 Å². The highest BCUT2D eigenvalue weighted by atomic mass is 16.5. The average molecular weight is 273 g/mol. The van der Waals surface area contributed by atoms with Crippen LogP contribution in [0.15, 0.2) is 24.3 Å². The number of carboxylic acid groups (broad SMARTS) is 1. The number of rotatable bonds is 4. The molecule has 1 aromatic carbocycles. The van der Waals surface area contributed by atoms with E-state index in [4.69, 9.17) is 9.84 Å². The van der Waals surface area contributed by atoms with Crippen molar-refractivity contribution in [3.05, 3.63) is 41.1 Å². The summed E-state index contributed by atoms with van der Waals surface area (Å²) in [6, 6.07) is 7.56. The second-order valence-electron chi connectivity index (χ2n) is 5.14. The van der Waals surface area contributed by atoms with Crippen molar-refractivity contribution in [2.75, 3.05) is 7.11 Å². The van der Waals surface area contributed by atoms with E-state index < -0.39 is 5.97 Å². The first-order valence-corrected chi connectivity index (χ1v) is 6.55. The maximum atomic E-state index is 11.1. The summed E-state index contributed by atoms with van der Waals surface area (Å²) in [5.41, 5.74) is 3.85. The van der Waals surface area contributed by atoms with Gasteiger partial charge in [-0.3, -0.25) is 0 Å². The number of aromatic amines is 1. The first kappa shape index (κ1) is 14.2. The SMILES string of the molecule is COc1ccc(-c2cc(C(=O)O)c(C)[nH]2)cc1C(C)C. The number of H-pyrrole nitrogens is 1. The molecule has 1 heterocycles. The molecule has 0 aliphatic rings. The van der Waals surface area contributed by atoms with Crippen molar-refractivity contribution in [2.24, 2.45) is 0 Å². The lowest BCUT2D eigenvalue weighted by molar-refractivity contribution is 0.0696. The Balaban J connectivity index is 2.50. The first-order chi connectivity index (χ1) is 9.43. The van der Waals surface area contributed by atoms with E-state index in [0.29, 0.717) is 17.2 Å². The molecule has 0 radical (unpaired) electrons. The zero-order valence-corrected chi connectivity index (χ0v) is 12.2. The minimum atomic E-state index is -0.914. The molecule has 2 rings (SSSR count). The molecule has 0 fully saturated rings. The van der Waals surface area contributed by atoms with Gasteiger partial charge in [-0.05, 0) is 48.2 Å². The molecule has 2 aromatic rings. The third kappa shape index (κ3) is 2.54. The van der Waals surface area contributed by atoms with Crippen LogP contribution in [-0.2, 0) is 0 Å². The van der Waals surface area contributed by atoms with Gasteiger partial charge in [0.2, 0.25) is 0 Å². The largest absolute Gasteiger partial charge is 0.496 e. The molecule has 0 aliphatic heterocycles. The van der Waals surface area contributed by atoms with Crippen molar-refractivity contribution in [3.8, 4) is 17.0 Å². The number of ether oxygens (including phenoxy) is 1. The molecule has 0 spiro atoms. The topological polar surface area (TPSA) is 62.3 Å². The third-order valence-electron chi connectivity index (χ3n) is 3.41. The van der Waals surface area contributed by atoms with E-state index in [0.717, 1.165) is 22.6 Å². The second-order valence-corrected chi connectivity index (χ2v) is 5.14. The van der Waals surface area contributed by atoms with Crippen molar-refractivity contribution >= 4 is 5.97 Å². The summed E-state index contributed by atoms with van der Waals surface area (Å²) in [4.78, 5) is 14.2. The van der Waals surface area contributed by atoms with Crippen molar-refractivity contribution in [2.45, 2.75) is 26.7 Å². The van der Waals surface area contributed by atoms with Gasteiger partial charge in [0.15, 0.2) is 0 Å². The predicted molar refractivity (Wildman–Crippen MR) is 78.6 cm³/mol. The van der Waals surface area contributed by atoms with E-state index in [2.05, 4.69) is 18.8 Å². The Morgan fingerprint density at radius 1 is 1.30 bits per heavy atom. The van der Waals surface area contributed by atoms with Crippen molar-refractivity contribution in [3.63, 3.8) is 0 Å². The number of nitrogens with one attached hydrogen (secondary N) is 1. The number of aryl methyl sites for hydroxylation is 1. The Hall–Kier alpha value is -2.23. The highest BCUT2D eigenvalue weighted by Crippen LogP contribution is 2.31. The molecule has 0 unspecified atom stereocenters. The number of hydrogen-bond donors (Lipinski definition) is 2. The van der Waals surface area contributed by atoms with Crippen molar-refractivity contribution in [1.29, 1.82) is 0 Å². The van der Waals surface area contributed by atoms with Crippen molar-refractivity contribution in [1.82, 2.24) is 4.98 Å². The quantitative estimate of drug-likeness (QED) is 0.890. The minimum absolute atomic E-state index is 0.307. The van der Waals surface area contributed by atoms with Crippen LogP contribution in [-0.4, -0.2) is 23.2 Å². The van der Waals surface area contributed by atoms with Crippen LogP contribution < -0.4 is 4.74 Å². The smallest absolute Gasteiger partial charge is 0.337 e. The predicted octanol–water partition coefficient (Wildman–Crippen LogP) is 3.82. The Morgan fingerprint density at radius 2 is 2.00 bits per heavy atom. The average Bonchev–Trinajstić information content (AvgIpc) is 2.80. The van der Waals surface area contributed by atoms with Crippen LogP contribution in [0.25, 0.3) is 11.3 Å². The molecular weight excluding hydrogens is 254 g/mol. The highest BCUT2D eigenvalue weighted by Gasteiger charge is 2.14. The first-order valence-electron chi connectivity index (χ1n) is 6.55. The van der Waals surface area contributed by atoms with E-state index in [-0.39, 0.29) is 0 Å². The molecule has 0 bridgehead atoms. The number of aromatic carboxylic acids is 1. The van der Waals surface area contributed by atoms with Crippen LogP contribution in [0, 0.1) is 6.92 Å². The van der Waals surface area contributed by atoms with Gasteiger partial charge < -0.3 is 14.8 Å². The summed E-state index contributed by atoms with van der Waals surface area (Å²) in [6.07, 6.45) is 0. The maximum Gasteiger partial charge on any atom is 0.337 e. The number of hydrogen-bond acceptors (Lipinski definition) is 2. The van der Waals surface area contributed by atoms with E-state index >= 15 is 0 Å². The zero-order valence-electron chi connectivity index (χ0n) is 12.2. The van der Waals surface area contributed by atoms with Crippen LogP contribution in [0.4, 0.5) is 0 Å². The molecule has 0 aliphatic carbocycles. The molecule has 4 nitrogen and oxygen atoms in total. The van der Waals surface area contributed by atoms with Gasteiger partial charge in [-0.15, -0.1) is 0 Å². The third-order valence-corrected chi connectivity index (χ3v) is 3.41. The zero-order chi connectivity index (χ0) is 14.9. The maximum absolute atomic E-state index is 11.1. The van der Waals surface area contributed by atoms with Crippen molar-refractivity contribution < 1.29 is 14.6 Å². The summed E-state index contributed by atoms with van der Waals surface area (Å²) < 4.78 is 5.36. The molecule has 0 amide bonds. The minimum Gasteiger partial charge on any atom is -0.496 e. The summed E-state index contributed by atoms with van der Waals surface area (Å²) in [5, 5.41) is 9.11. The van der Waals surface area contributed by atoms with Gasteiger partial charge in [-0.25, -0.2) is 4.79 Å². The van der Waals surface area contributed by atoms with Crippen LogP contribution in [0.1, 0.15) is 41.4 Å². The Bertz CT molecular complexity index is 641. The van der Waals surface area contributed by atoms with E-state index in [1.807, 2.05) is 18.2 Å². The lowest BCUT2D eigenvalue weighted by Crippen LogP contribution is -1.95. The molecule has 20 heavy (non-hydrogen) atoms. The highest BCUT2D eigenvalue weighted by molar-refractivity contribution is 5.91. The van der Waals surface area contributed by atoms with Crippen LogP contribution >= 0.6 is 0 Å². The molecule has 4 heteroatoms. The molecule has 0 saturated carbocycles. The monoisotopic (exact) mass is 273 g/mol. The Kier molecular flexibility index (Phi) is 3.84. The fourth-order valence-corrected chi connectivity index (χ4v) is 2.29. The number of benzene rings is 1. The molecular formula is C16H19NO3. The number of carbonyl (C=O) groups is 1. The number of carboxylic acids is 1. The molecule has 1 aromatic heterocycles. The van der Waals surface area contributed by atoms with Crippen LogP contribution in [0.2, 0.25) is 0 Å². The molecule has 106 valence electrons. The fourth-order valence-electron chi connectivity index (χ4n) is 2.29. The number of aromatic nitrogens is 1. The Morgan fingerprint density at radius 3 is 2.50 bits per heavy atom. The van der Waals surface area contributed by atoms with Gasteiger partial charge in [0.05, 0.1) is 12.7 Å². The lowest BCUT2D eigenvalue weighted by Gasteiger charge is -2.13. The summed E-state index contributed by atoms with van der Waals surface area (Å²) >= 11 is 0. The number of methoxy groups -OCH3 is 1. The van der Waals surface area contributed by atoms with Gasteiger partial charge in [-0.1, -0.05) is 13.8 Å². The standard InChI is InChI=1S/C16H19NO3/c1-9(2)12-7-11(5-6-15(12)20-4)14-8-13(16(18)19)10(3)17-14/h5-9,17H,1-4H3,(H,18,19). The molecule has 0 atom stereocenters. The second kappa shape index (κ2) is 5.41. The summed E-state index contributed by atoms with van der Waals surface area (Å²) in [5.74, 6) is 0.271. The van der Waals surface area contributed by atoms with E-state index in [9.17, 15) is 4.79 Å². The normalized spacial score (nSPS) is 10.8. The van der Waals surface area contributed by atoms with Gasteiger partial charge in [0.1, 0.15) is 5.75 Å². The van der Waals surface area contributed by atoms with Gasteiger partial charge in [0, 0.05) is 11.4 Å².